The summed E-state index contributed by atoms with van der Waals surface area (Å²) in [5.41, 5.74) is -0.0247. The van der Waals surface area contributed by atoms with E-state index in [9.17, 15) is 4.79 Å². The van der Waals surface area contributed by atoms with Crippen molar-refractivity contribution in [3.8, 4) is 0 Å². The molecule has 112 valence electrons. The molecule has 0 saturated heterocycles. The van der Waals surface area contributed by atoms with Gasteiger partial charge in [-0.3, -0.25) is 4.79 Å². The van der Waals surface area contributed by atoms with Crippen LogP contribution >= 0.6 is 0 Å². The van der Waals surface area contributed by atoms with Crippen LogP contribution in [0.2, 0.25) is 0 Å². The van der Waals surface area contributed by atoms with Gasteiger partial charge < -0.3 is 15.5 Å². The normalized spacial score (nSPS) is 16.6. The summed E-state index contributed by atoms with van der Waals surface area (Å²) in [5.74, 6) is 0.256. The number of nitrogens with zero attached hydrogens (tertiary/aromatic N) is 1. The minimum Gasteiger partial charge on any atom is -0.356 e. The monoisotopic (exact) mass is 269 g/mol. The van der Waals surface area contributed by atoms with Crippen molar-refractivity contribution in [2.24, 2.45) is 5.41 Å². The van der Waals surface area contributed by atoms with E-state index < -0.39 is 0 Å². The van der Waals surface area contributed by atoms with E-state index in [2.05, 4.69) is 36.4 Å². The van der Waals surface area contributed by atoms with Crippen LogP contribution in [0.3, 0.4) is 0 Å². The summed E-state index contributed by atoms with van der Waals surface area (Å²) in [5, 5.41) is 6.39. The third-order valence-electron chi connectivity index (χ3n) is 3.94. The zero-order chi connectivity index (χ0) is 14.1. The van der Waals surface area contributed by atoms with Gasteiger partial charge in [0.15, 0.2) is 0 Å². The Morgan fingerprint density at radius 2 is 1.84 bits per heavy atom. The maximum Gasteiger partial charge on any atom is 0.225 e. The van der Waals surface area contributed by atoms with Crippen LogP contribution < -0.4 is 10.6 Å². The van der Waals surface area contributed by atoms with Crippen LogP contribution in [0.5, 0.6) is 0 Å². The lowest BCUT2D eigenvalue weighted by molar-refractivity contribution is -0.125. The SMILES string of the molecule is CCNCCCN(C)CCCCNC(=O)C1(C)CC1. The summed E-state index contributed by atoms with van der Waals surface area (Å²) in [6.07, 6.45) is 5.58. The molecule has 0 aromatic rings. The van der Waals surface area contributed by atoms with E-state index in [4.69, 9.17) is 0 Å². The van der Waals surface area contributed by atoms with Gasteiger partial charge in [0.1, 0.15) is 0 Å². The second-order valence-corrected chi connectivity index (χ2v) is 6.03. The van der Waals surface area contributed by atoms with Crippen LogP contribution in [0.25, 0.3) is 0 Å². The van der Waals surface area contributed by atoms with Crippen LogP contribution in [-0.4, -0.2) is 50.6 Å². The van der Waals surface area contributed by atoms with Crippen molar-refractivity contribution in [3.05, 3.63) is 0 Å². The Morgan fingerprint density at radius 3 is 2.47 bits per heavy atom. The molecule has 4 heteroatoms. The van der Waals surface area contributed by atoms with Crippen molar-refractivity contribution in [3.63, 3.8) is 0 Å². The zero-order valence-corrected chi connectivity index (χ0v) is 12.9. The third-order valence-corrected chi connectivity index (χ3v) is 3.94. The Balaban J connectivity index is 1.88. The van der Waals surface area contributed by atoms with Crippen molar-refractivity contribution in [1.29, 1.82) is 0 Å². The summed E-state index contributed by atoms with van der Waals surface area (Å²) in [4.78, 5) is 14.1. The minimum atomic E-state index is -0.0247. The molecule has 0 bridgehead atoms. The van der Waals surface area contributed by atoms with Gasteiger partial charge >= 0.3 is 0 Å². The molecule has 0 radical (unpaired) electrons. The zero-order valence-electron chi connectivity index (χ0n) is 12.9. The highest BCUT2D eigenvalue weighted by Crippen LogP contribution is 2.44. The average molecular weight is 269 g/mol. The molecule has 1 amide bonds. The molecule has 0 atom stereocenters. The third kappa shape index (κ3) is 6.92. The van der Waals surface area contributed by atoms with E-state index in [1.165, 1.54) is 6.42 Å². The fraction of sp³-hybridized carbons (Fsp3) is 0.933. The maximum atomic E-state index is 11.7. The molecule has 19 heavy (non-hydrogen) atoms. The minimum absolute atomic E-state index is 0.0247. The molecule has 0 unspecified atom stereocenters. The second kappa shape index (κ2) is 8.54. The molecule has 0 aromatic heterocycles. The van der Waals surface area contributed by atoms with Gasteiger partial charge in [-0.15, -0.1) is 0 Å². The molecule has 2 N–H and O–H groups in total. The molecule has 1 fully saturated rings. The number of carbonyl (C=O) groups is 1. The molecule has 1 aliphatic carbocycles. The first-order valence-electron chi connectivity index (χ1n) is 7.76. The van der Waals surface area contributed by atoms with E-state index in [1.54, 1.807) is 0 Å². The Hall–Kier alpha value is -0.610. The molecule has 0 aliphatic heterocycles. The molecule has 0 spiro atoms. The predicted molar refractivity (Wildman–Crippen MR) is 80.2 cm³/mol. The Morgan fingerprint density at radius 1 is 1.16 bits per heavy atom. The van der Waals surface area contributed by atoms with Gasteiger partial charge in [-0.2, -0.15) is 0 Å². The van der Waals surface area contributed by atoms with E-state index >= 15 is 0 Å². The summed E-state index contributed by atoms with van der Waals surface area (Å²) >= 11 is 0. The first-order chi connectivity index (χ1) is 9.08. The molecule has 0 heterocycles. The van der Waals surface area contributed by atoms with E-state index in [0.717, 1.165) is 58.4 Å². The number of amides is 1. The molecular weight excluding hydrogens is 238 g/mol. The largest absolute Gasteiger partial charge is 0.356 e. The Kier molecular flexibility index (Phi) is 7.39. The first-order valence-corrected chi connectivity index (χ1v) is 7.76. The summed E-state index contributed by atoms with van der Waals surface area (Å²) in [6.45, 7) is 9.47. The van der Waals surface area contributed by atoms with Gasteiger partial charge in [0.05, 0.1) is 0 Å². The van der Waals surface area contributed by atoms with Crippen LogP contribution in [0.4, 0.5) is 0 Å². The number of hydrogen-bond acceptors (Lipinski definition) is 3. The maximum absolute atomic E-state index is 11.7. The highest BCUT2D eigenvalue weighted by molar-refractivity contribution is 5.84. The van der Waals surface area contributed by atoms with Crippen molar-refractivity contribution in [2.75, 3.05) is 39.8 Å². The van der Waals surface area contributed by atoms with Crippen LogP contribution in [0.1, 0.15) is 46.0 Å². The predicted octanol–water partition coefficient (Wildman–Crippen LogP) is 1.61. The smallest absolute Gasteiger partial charge is 0.225 e. The quantitative estimate of drug-likeness (QED) is 0.560. The first kappa shape index (κ1) is 16.4. The highest BCUT2D eigenvalue weighted by atomic mass is 16.2. The second-order valence-electron chi connectivity index (χ2n) is 6.03. The molecular formula is C15H31N3O. The van der Waals surface area contributed by atoms with E-state index in [0.29, 0.717) is 0 Å². The summed E-state index contributed by atoms with van der Waals surface area (Å²) < 4.78 is 0. The number of hydrogen-bond donors (Lipinski definition) is 2. The van der Waals surface area contributed by atoms with Crippen molar-refractivity contribution in [1.82, 2.24) is 15.5 Å². The Bertz CT molecular complexity index is 264. The molecule has 1 aliphatic rings. The number of rotatable bonds is 11. The fourth-order valence-electron chi connectivity index (χ4n) is 2.10. The van der Waals surface area contributed by atoms with Crippen LogP contribution in [0, 0.1) is 5.41 Å². The molecule has 1 rings (SSSR count). The molecule has 0 aromatic carbocycles. The lowest BCUT2D eigenvalue weighted by Gasteiger charge is -2.16. The Labute approximate surface area is 118 Å². The van der Waals surface area contributed by atoms with Gasteiger partial charge in [-0.1, -0.05) is 13.8 Å². The van der Waals surface area contributed by atoms with Crippen molar-refractivity contribution < 1.29 is 4.79 Å². The highest BCUT2D eigenvalue weighted by Gasteiger charge is 2.44. The van der Waals surface area contributed by atoms with Crippen LogP contribution in [-0.2, 0) is 4.79 Å². The van der Waals surface area contributed by atoms with Gasteiger partial charge in [-0.05, 0) is 65.3 Å². The number of unbranched alkanes of at least 4 members (excludes halogenated alkanes) is 1. The topological polar surface area (TPSA) is 44.4 Å². The standard InChI is InChI=1S/C15H31N3O/c1-4-16-10-7-13-18(3)12-6-5-11-17-14(19)15(2)8-9-15/h16H,4-13H2,1-3H3,(H,17,19). The summed E-state index contributed by atoms with van der Waals surface area (Å²) in [7, 11) is 2.18. The van der Waals surface area contributed by atoms with Crippen LogP contribution in [0.15, 0.2) is 0 Å². The molecule has 4 nitrogen and oxygen atoms in total. The molecule has 1 saturated carbocycles. The van der Waals surface area contributed by atoms with Gasteiger partial charge in [0, 0.05) is 12.0 Å². The van der Waals surface area contributed by atoms with Crippen molar-refractivity contribution >= 4 is 5.91 Å². The van der Waals surface area contributed by atoms with E-state index in [-0.39, 0.29) is 11.3 Å². The number of carbonyl (C=O) groups excluding carboxylic acids is 1. The average Bonchev–Trinajstić information content (AvgIpc) is 3.13. The van der Waals surface area contributed by atoms with Gasteiger partial charge in [0.2, 0.25) is 5.91 Å². The lowest BCUT2D eigenvalue weighted by Crippen LogP contribution is -2.31. The van der Waals surface area contributed by atoms with E-state index in [1.807, 2.05) is 0 Å². The summed E-state index contributed by atoms with van der Waals surface area (Å²) in [6, 6.07) is 0. The fourth-order valence-corrected chi connectivity index (χ4v) is 2.10. The van der Waals surface area contributed by atoms with Gasteiger partial charge in [-0.25, -0.2) is 0 Å². The van der Waals surface area contributed by atoms with Gasteiger partial charge in [0.25, 0.3) is 0 Å². The van der Waals surface area contributed by atoms with Crippen molar-refractivity contribution in [2.45, 2.75) is 46.0 Å². The lowest BCUT2D eigenvalue weighted by atomic mass is 10.1. The number of nitrogens with one attached hydrogen (secondary N) is 2.